The first-order chi connectivity index (χ1) is 12.8. The summed E-state index contributed by atoms with van der Waals surface area (Å²) in [6.07, 6.45) is 8.10. The van der Waals surface area contributed by atoms with Crippen LogP contribution >= 0.6 is 15.2 Å². The molecule has 168 valence electrons. The van der Waals surface area contributed by atoms with E-state index in [4.69, 9.17) is 24.7 Å². The van der Waals surface area contributed by atoms with Crippen molar-refractivity contribution in [2.24, 2.45) is 5.41 Å². The predicted molar refractivity (Wildman–Crippen MR) is 108 cm³/mol. The third kappa shape index (κ3) is 13.0. The smallest absolute Gasteiger partial charge is 0.340 e. The van der Waals surface area contributed by atoms with E-state index in [0.717, 1.165) is 51.5 Å². The molecule has 0 spiro atoms. The topological polar surface area (TPSA) is 164 Å². The molecular formula is C17H37NO8P2. The van der Waals surface area contributed by atoms with Crippen molar-refractivity contribution in [2.45, 2.75) is 83.5 Å². The molecule has 6 N–H and O–H groups in total. The minimum Gasteiger partial charge on any atom is -0.481 e. The minimum atomic E-state index is -4.79. The van der Waals surface area contributed by atoms with Gasteiger partial charge in [-0.3, -0.25) is 13.9 Å². The number of hydrogen-bond donors (Lipinski definition) is 6. The Labute approximate surface area is 167 Å². The molecular weight excluding hydrogens is 408 g/mol. The molecule has 0 radical (unpaired) electrons. The molecule has 28 heavy (non-hydrogen) atoms. The van der Waals surface area contributed by atoms with E-state index in [1.165, 1.54) is 0 Å². The Hall–Kier alpha value is -0.270. The van der Waals surface area contributed by atoms with E-state index in [1.54, 1.807) is 13.8 Å². The Balaban J connectivity index is 3.60. The highest BCUT2D eigenvalue weighted by Gasteiger charge is 2.42. The lowest BCUT2D eigenvalue weighted by atomic mass is 9.94. The number of aliphatic carboxylic acids is 1. The highest BCUT2D eigenvalue weighted by molar-refractivity contribution is 7.70. The van der Waals surface area contributed by atoms with Gasteiger partial charge < -0.3 is 30.0 Å². The molecule has 0 aliphatic carbocycles. The number of nitrogens with one attached hydrogen (secondary N) is 1. The Kier molecular flexibility index (Phi) is 13.0. The highest BCUT2D eigenvalue weighted by atomic mass is 31.2. The minimum absolute atomic E-state index is 0.166. The summed E-state index contributed by atoms with van der Waals surface area (Å²) in [5, 5.41) is 10.3. The summed E-state index contributed by atoms with van der Waals surface area (Å²) in [4.78, 5) is 47.1. The largest absolute Gasteiger partial charge is 0.481 e. The summed E-state index contributed by atoms with van der Waals surface area (Å²) in [6.45, 7) is 4.64. The van der Waals surface area contributed by atoms with E-state index in [9.17, 15) is 13.9 Å². The van der Waals surface area contributed by atoms with Gasteiger partial charge in [-0.15, -0.1) is 0 Å². The van der Waals surface area contributed by atoms with E-state index in [1.807, 2.05) is 0 Å². The van der Waals surface area contributed by atoms with Gasteiger partial charge in [-0.05, 0) is 33.2 Å². The number of carboxylic acid groups (broad SMARTS) is 1. The molecule has 0 amide bonds. The Bertz CT molecular complexity index is 521. The van der Waals surface area contributed by atoms with Gasteiger partial charge in [0, 0.05) is 6.54 Å². The summed E-state index contributed by atoms with van der Waals surface area (Å²) in [5.74, 6) is -0.806. The molecule has 0 saturated heterocycles. The molecule has 0 aliphatic heterocycles. The van der Waals surface area contributed by atoms with Gasteiger partial charge in [-0.1, -0.05) is 51.4 Å². The van der Waals surface area contributed by atoms with Crippen LogP contribution in [0.2, 0.25) is 0 Å². The van der Waals surface area contributed by atoms with Crippen molar-refractivity contribution >= 4 is 21.2 Å². The van der Waals surface area contributed by atoms with Crippen LogP contribution in [0.15, 0.2) is 0 Å². The lowest BCUT2D eigenvalue weighted by Gasteiger charge is -2.19. The molecule has 0 atom stereocenters. The molecule has 0 aromatic carbocycles. The number of unbranched alkanes of at least 4 members (excludes halogenated alkanes) is 8. The van der Waals surface area contributed by atoms with Crippen molar-refractivity contribution < 1.29 is 38.6 Å². The average molecular weight is 445 g/mol. The number of hydrogen-bond acceptors (Lipinski definition) is 4. The van der Waals surface area contributed by atoms with Crippen molar-refractivity contribution in [2.75, 3.05) is 13.1 Å². The summed E-state index contributed by atoms with van der Waals surface area (Å²) in [5.41, 5.74) is -0.753. The van der Waals surface area contributed by atoms with Crippen LogP contribution in [0.3, 0.4) is 0 Å². The maximum atomic E-state index is 11.2. The van der Waals surface area contributed by atoms with Crippen molar-refractivity contribution in [3.63, 3.8) is 0 Å². The Morgan fingerprint density at radius 1 is 0.821 bits per heavy atom. The molecule has 11 heteroatoms. The summed E-state index contributed by atoms with van der Waals surface area (Å²) < 4.78 is 22.3. The van der Waals surface area contributed by atoms with Gasteiger partial charge in [0.2, 0.25) is 0 Å². The molecule has 9 nitrogen and oxygen atoms in total. The SMILES string of the molecule is CC(C)(CNCCCCCCCCCCCC(P(=O)(O)O)P(=O)(O)O)C(=O)O. The second-order valence-corrected chi connectivity index (χ2v) is 12.0. The van der Waals surface area contributed by atoms with Gasteiger partial charge >= 0.3 is 21.2 Å². The van der Waals surface area contributed by atoms with Crippen LogP contribution in [0.5, 0.6) is 0 Å². The average Bonchev–Trinajstić information content (AvgIpc) is 2.52. The first-order valence-corrected chi connectivity index (χ1v) is 13.2. The van der Waals surface area contributed by atoms with Gasteiger partial charge in [-0.25, -0.2) is 0 Å². The van der Waals surface area contributed by atoms with Gasteiger partial charge in [0.05, 0.1) is 5.41 Å². The summed E-state index contributed by atoms with van der Waals surface area (Å²) >= 11 is 0. The van der Waals surface area contributed by atoms with Crippen LogP contribution in [0.4, 0.5) is 0 Å². The van der Waals surface area contributed by atoms with Gasteiger partial charge in [0.25, 0.3) is 0 Å². The van der Waals surface area contributed by atoms with Crippen LogP contribution < -0.4 is 5.32 Å². The predicted octanol–water partition coefficient (Wildman–Crippen LogP) is 3.27. The van der Waals surface area contributed by atoms with Crippen molar-refractivity contribution in [3.05, 3.63) is 0 Å². The number of rotatable bonds is 17. The lowest BCUT2D eigenvalue weighted by Crippen LogP contribution is -2.36. The molecule has 0 fully saturated rings. The zero-order valence-corrected chi connectivity index (χ0v) is 18.7. The monoisotopic (exact) mass is 445 g/mol. The van der Waals surface area contributed by atoms with E-state index in [0.29, 0.717) is 19.4 Å². The van der Waals surface area contributed by atoms with E-state index >= 15 is 0 Å². The lowest BCUT2D eigenvalue weighted by molar-refractivity contribution is -0.146. The molecule has 0 heterocycles. The number of carboxylic acids is 1. The van der Waals surface area contributed by atoms with Crippen LogP contribution in [-0.4, -0.2) is 49.1 Å². The zero-order chi connectivity index (χ0) is 21.8. The van der Waals surface area contributed by atoms with Gasteiger partial charge in [0.15, 0.2) is 5.40 Å². The molecule has 0 rings (SSSR count). The fourth-order valence-corrected chi connectivity index (χ4v) is 5.43. The number of carbonyl (C=O) groups is 1. The summed E-state index contributed by atoms with van der Waals surface area (Å²) in [7, 11) is -9.58. The molecule has 0 unspecified atom stereocenters. The molecule has 0 aromatic heterocycles. The third-order valence-electron chi connectivity index (χ3n) is 4.74. The molecule has 0 aromatic rings. The maximum absolute atomic E-state index is 11.2. The van der Waals surface area contributed by atoms with Crippen molar-refractivity contribution in [3.8, 4) is 0 Å². The highest BCUT2D eigenvalue weighted by Crippen LogP contribution is 2.61. The second kappa shape index (κ2) is 13.1. The second-order valence-electron chi connectivity index (χ2n) is 8.00. The Morgan fingerprint density at radius 2 is 1.21 bits per heavy atom. The molecule has 0 bridgehead atoms. The molecule has 0 aliphatic rings. The quantitative estimate of drug-likeness (QED) is 0.146. The van der Waals surface area contributed by atoms with Crippen LogP contribution in [0.25, 0.3) is 0 Å². The van der Waals surface area contributed by atoms with Crippen molar-refractivity contribution in [1.29, 1.82) is 0 Å². The maximum Gasteiger partial charge on any atom is 0.340 e. The zero-order valence-electron chi connectivity index (χ0n) is 16.9. The van der Waals surface area contributed by atoms with Crippen LogP contribution in [0, 0.1) is 5.41 Å². The fourth-order valence-electron chi connectivity index (χ4n) is 2.82. The van der Waals surface area contributed by atoms with Crippen molar-refractivity contribution in [1.82, 2.24) is 5.32 Å². The van der Waals surface area contributed by atoms with Gasteiger partial charge in [-0.2, -0.15) is 0 Å². The summed E-state index contributed by atoms with van der Waals surface area (Å²) in [6, 6.07) is 0. The van der Waals surface area contributed by atoms with Crippen LogP contribution in [0.1, 0.15) is 78.1 Å². The van der Waals surface area contributed by atoms with Gasteiger partial charge in [0.1, 0.15) is 0 Å². The van der Waals surface area contributed by atoms with E-state index < -0.39 is 32.0 Å². The van der Waals surface area contributed by atoms with E-state index in [2.05, 4.69) is 5.32 Å². The third-order valence-corrected chi connectivity index (χ3v) is 8.61. The first kappa shape index (κ1) is 27.7. The Morgan fingerprint density at radius 3 is 1.61 bits per heavy atom. The normalized spacial score (nSPS) is 13.2. The molecule has 0 saturated carbocycles. The van der Waals surface area contributed by atoms with E-state index in [-0.39, 0.29) is 6.42 Å². The van der Waals surface area contributed by atoms with Crippen LogP contribution in [-0.2, 0) is 13.9 Å². The first-order valence-electron chi connectivity index (χ1n) is 9.83. The fraction of sp³-hybridized carbons (Fsp3) is 0.941. The standard InChI is InChI=1S/C17H37NO8P2/c1-17(2,16(19)20)14-18-13-11-9-7-5-3-4-6-8-10-12-15(27(21,22)23)28(24,25)26/h15,18H,3-14H2,1-2H3,(H,19,20)(H2,21,22,23)(H2,24,25,26).